The number of aryl methyl sites for hydroxylation is 1. The first-order valence-electron chi connectivity index (χ1n) is 3.61. The van der Waals surface area contributed by atoms with Crippen molar-refractivity contribution in [2.24, 2.45) is 5.73 Å². The van der Waals surface area contributed by atoms with Crippen LogP contribution in [0.3, 0.4) is 0 Å². The van der Waals surface area contributed by atoms with Crippen LogP contribution in [0.15, 0.2) is 0 Å². The summed E-state index contributed by atoms with van der Waals surface area (Å²) in [4.78, 5) is 10.4. The fourth-order valence-corrected chi connectivity index (χ4v) is 1.57. The molecule has 3 N–H and O–H groups in total. The number of carbonyl (C=O) groups excluding carboxylic acids is 1. The lowest BCUT2D eigenvalue weighted by molar-refractivity contribution is 0.259. The Morgan fingerprint density at radius 3 is 3.00 bits per heavy atom. The molecule has 0 unspecified atom stereocenters. The zero-order valence-corrected chi connectivity index (χ0v) is 7.52. The van der Waals surface area contributed by atoms with Crippen molar-refractivity contribution in [1.82, 2.24) is 10.2 Å². The number of urea groups is 1. The molecule has 1 aromatic heterocycles. The Bertz CT molecular complexity index is 272. The Labute approximate surface area is 74.0 Å². The Morgan fingerprint density at radius 1 is 1.67 bits per heavy atom. The second-order valence-electron chi connectivity index (χ2n) is 2.24. The van der Waals surface area contributed by atoms with Crippen molar-refractivity contribution in [3.05, 3.63) is 5.01 Å². The molecule has 0 atom stereocenters. The van der Waals surface area contributed by atoms with Gasteiger partial charge in [-0.1, -0.05) is 18.3 Å². The van der Waals surface area contributed by atoms with Crippen LogP contribution in [-0.4, -0.2) is 16.2 Å². The SMILES string of the molecule is CCCc1nnc(NC(N)=O)s1. The maximum atomic E-state index is 10.4. The summed E-state index contributed by atoms with van der Waals surface area (Å²) >= 11 is 1.35. The van der Waals surface area contributed by atoms with E-state index in [2.05, 4.69) is 22.4 Å². The Balaban J connectivity index is 2.58. The molecule has 0 saturated heterocycles. The molecule has 2 amide bonds. The van der Waals surface area contributed by atoms with Gasteiger partial charge in [0.05, 0.1) is 0 Å². The van der Waals surface area contributed by atoms with E-state index >= 15 is 0 Å². The number of hydrogen-bond donors (Lipinski definition) is 2. The lowest BCUT2D eigenvalue weighted by atomic mass is 10.4. The molecule has 0 spiro atoms. The number of nitrogens with two attached hydrogens (primary N) is 1. The maximum Gasteiger partial charge on any atom is 0.318 e. The summed E-state index contributed by atoms with van der Waals surface area (Å²) in [7, 11) is 0. The van der Waals surface area contributed by atoms with Crippen LogP contribution < -0.4 is 11.1 Å². The summed E-state index contributed by atoms with van der Waals surface area (Å²) < 4.78 is 0. The van der Waals surface area contributed by atoms with E-state index < -0.39 is 6.03 Å². The summed E-state index contributed by atoms with van der Waals surface area (Å²) in [6.45, 7) is 2.06. The molecule has 0 saturated carbocycles. The normalized spacial score (nSPS) is 9.75. The first-order chi connectivity index (χ1) is 5.72. The van der Waals surface area contributed by atoms with Crippen LogP contribution in [0.1, 0.15) is 18.4 Å². The Morgan fingerprint density at radius 2 is 2.42 bits per heavy atom. The highest BCUT2D eigenvalue weighted by Crippen LogP contribution is 2.15. The van der Waals surface area contributed by atoms with Crippen LogP contribution in [0.25, 0.3) is 0 Å². The molecule has 6 heteroatoms. The van der Waals surface area contributed by atoms with Crippen LogP contribution in [0.4, 0.5) is 9.93 Å². The van der Waals surface area contributed by atoms with Gasteiger partial charge in [-0.25, -0.2) is 4.79 Å². The lowest BCUT2D eigenvalue weighted by Gasteiger charge is -1.90. The second kappa shape index (κ2) is 4.01. The third-order valence-electron chi connectivity index (χ3n) is 1.16. The highest BCUT2D eigenvalue weighted by Gasteiger charge is 2.03. The van der Waals surface area contributed by atoms with Crippen molar-refractivity contribution < 1.29 is 4.79 Å². The van der Waals surface area contributed by atoms with Gasteiger partial charge in [-0.05, 0) is 6.42 Å². The summed E-state index contributed by atoms with van der Waals surface area (Å²) in [5.74, 6) is 0. The van der Waals surface area contributed by atoms with Crippen molar-refractivity contribution >= 4 is 22.5 Å². The molecule has 0 aliphatic heterocycles. The predicted octanol–water partition coefficient (Wildman–Crippen LogP) is 0.981. The first-order valence-corrected chi connectivity index (χ1v) is 4.43. The minimum Gasteiger partial charge on any atom is -0.351 e. The number of nitrogens with one attached hydrogen (secondary N) is 1. The minimum atomic E-state index is -0.603. The van der Waals surface area contributed by atoms with Gasteiger partial charge in [0.2, 0.25) is 5.13 Å². The third kappa shape index (κ3) is 2.46. The highest BCUT2D eigenvalue weighted by molar-refractivity contribution is 7.15. The number of nitrogens with zero attached hydrogens (tertiary/aromatic N) is 2. The van der Waals surface area contributed by atoms with E-state index in [-0.39, 0.29) is 0 Å². The van der Waals surface area contributed by atoms with E-state index in [1.54, 1.807) is 0 Å². The van der Waals surface area contributed by atoms with Crippen LogP contribution in [0.5, 0.6) is 0 Å². The van der Waals surface area contributed by atoms with Gasteiger partial charge in [-0.15, -0.1) is 10.2 Å². The molecule has 66 valence electrons. The molecule has 0 fully saturated rings. The van der Waals surface area contributed by atoms with Gasteiger partial charge in [0, 0.05) is 6.42 Å². The molecule has 0 aliphatic carbocycles. The molecular formula is C6H10N4OS. The molecule has 5 nitrogen and oxygen atoms in total. The zero-order valence-electron chi connectivity index (χ0n) is 6.70. The zero-order chi connectivity index (χ0) is 8.97. The molecule has 0 radical (unpaired) electrons. The molecule has 0 aromatic carbocycles. The predicted molar refractivity (Wildman–Crippen MR) is 47.1 cm³/mol. The van der Waals surface area contributed by atoms with Gasteiger partial charge in [0.15, 0.2) is 0 Å². The topological polar surface area (TPSA) is 80.9 Å². The van der Waals surface area contributed by atoms with Crippen LogP contribution in [0, 0.1) is 0 Å². The number of anilines is 1. The van der Waals surface area contributed by atoms with E-state index in [9.17, 15) is 4.79 Å². The van der Waals surface area contributed by atoms with E-state index in [1.165, 1.54) is 11.3 Å². The third-order valence-corrected chi connectivity index (χ3v) is 2.06. The molecule has 1 heterocycles. The van der Waals surface area contributed by atoms with Crippen LogP contribution in [-0.2, 0) is 6.42 Å². The van der Waals surface area contributed by atoms with E-state index in [0.29, 0.717) is 5.13 Å². The number of primary amides is 1. The van der Waals surface area contributed by atoms with Gasteiger partial charge in [0.25, 0.3) is 0 Å². The van der Waals surface area contributed by atoms with Gasteiger partial charge in [-0.3, -0.25) is 5.32 Å². The quantitative estimate of drug-likeness (QED) is 0.738. The van der Waals surface area contributed by atoms with Gasteiger partial charge < -0.3 is 5.73 Å². The lowest BCUT2D eigenvalue weighted by Crippen LogP contribution is -2.18. The van der Waals surface area contributed by atoms with E-state index in [1.807, 2.05) is 0 Å². The summed E-state index contributed by atoms with van der Waals surface area (Å²) in [5.41, 5.74) is 4.90. The van der Waals surface area contributed by atoms with Crippen molar-refractivity contribution in [1.29, 1.82) is 0 Å². The molecule has 0 aliphatic rings. The number of aromatic nitrogens is 2. The largest absolute Gasteiger partial charge is 0.351 e. The van der Waals surface area contributed by atoms with Crippen molar-refractivity contribution in [3.8, 4) is 0 Å². The number of carbonyl (C=O) groups is 1. The summed E-state index contributed by atoms with van der Waals surface area (Å²) in [5, 5.41) is 11.3. The fraction of sp³-hybridized carbons (Fsp3) is 0.500. The molecule has 1 aromatic rings. The standard InChI is InChI=1S/C6H10N4OS/c1-2-3-4-9-10-6(12-4)8-5(7)11/h2-3H2,1H3,(H3,7,8,10,11). The van der Waals surface area contributed by atoms with Crippen molar-refractivity contribution in [2.75, 3.05) is 5.32 Å². The number of hydrogen-bond acceptors (Lipinski definition) is 4. The average molecular weight is 186 g/mol. The Hall–Kier alpha value is -1.17. The molecule has 1 rings (SSSR count). The molecular weight excluding hydrogens is 176 g/mol. The highest BCUT2D eigenvalue weighted by atomic mass is 32.1. The fourth-order valence-electron chi connectivity index (χ4n) is 0.724. The average Bonchev–Trinajstić information content (AvgIpc) is 2.36. The van der Waals surface area contributed by atoms with E-state index in [4.69, 9.17) is 5.73 Å². The van der Waals surface area contributed by atoms with Gasteiger partial charge >= 0.3 is 6.03 Å². The first kappa shape index (κ1) is 8.92. The molecule has 0 bridgehead atoms. The van der Waals surface area contributed by atoms with Crippen molar-refractivity contribution in [3.63, 3.8) is 0 Å². The van der Waals surface area contributed by atoms with Crippen molar-refractivity contribution in [2.45, 2.75) is 19.8 Å². The summed E-state index contributed by atoms with van der Waals surface area (Å²) in [6.07, 6.45) is 1.91. The van der Waals surface area contributed by atoms with Crippen LogP contribution >= 0.6 is 11.3 Å². The molecule has 12 heavy (non-hydrogen) atoms. The van der Waals surface area contributed by atoms with Gasteiger partial charge in [0.1, 0.15) is 5.01 Å². The number of amides is 2. The van der Waals surface area contributed by atoms with Gasteiger partial charge in [-0.2, -0.15) is 0 Å². The minimum absolute atomic E-state index is 0.464. The smallest absolute Gasteiger partial charge is 0.318 e. The Kier molecular flexibility index (Phi) is 2.98. The second-order valence-corrected chi connectivity index (χ2v) is 3.30. The number of rotatable bonds is 3. The van der Waals surface area contributed by atoms with Crippen LogP contribution in [0.2, 0.25) is 0 Å². The maximum absolute atomic E-state index is 10.4. The monoisotopic (exact) mass is 186 g/mol. The van der Waals surface area contributed by atoms with E-state index in [0.717, 1.165) is 17.8 Å². The summed E-state index contributed by atoms with van der Waals surface area (Å²) in [6, 6.07) is -0.603.